The van der Waals surface area contributed by atoms with Crippen molar-refractivity contribution in [3.63, 3.8) is 0 Å². The van der Waals surface area contributed by atoms with E-state index in [2.05, 4.69) is 41.8 Å². The van der Waals surface area contributed by atoms with Gasteiger partial charge in [0.15, 0.2) is 0 Å². The van der Waals surface area contributed by atoms with Gasteiger partial charge >= 0.3 is 0 Å². The fourth-order valence-corrected chi connectivity index (χ4v) is 4.22. The highest BCUT2D eigenvalue weighted by Crippen LogP contribution is 2.32. The number of hydrogen-bond donors (Lipinski definition) is 1. The summed E-state index contributed by atoms with van der Waals surface area (Å²) in [6, 6.07) is 15.1. The zero-order valence-corrected chi connectivity index (χ0v) is 13.9. The Morgan fingerprint density at radius 3 is 2.70 bits per heavy atom. The quantitative estimate of drug-likeness (QED) is 0.752. The summed E-state index contributed by atoms with van der Waals surface area (Å²) < 4.78 is 0. The predicted molar refractivity (Wildman–Crippen MR) is 97.5 cm³/mol. The van der Waals surface area contributed by atoms with Crippen LogP contribution in [0.4, 0.5) is 0 Å². The molecule has 3 aromatic rings. The predicted octanol–water partition coefficient (Wildman–Crippen LogP) is 4.81. The Hall–Kier alpha value is -1.97. The lowest BCUT2D eigenvalue weighted by Crippen LogP contribution is -2.02. The molecule has 0 saturated heterocycles. The van der Waals surface area contributed by atoms with E-state index >= 15 is 0 Å². The van der Waals surface area contributed by atoms with Crippen LogP contribution in [0.25, 0.3) is 21.8 Å². The molecule has 1 aliphatic rings. The highest BCUT2D eigenvalue weighted by molar-refractivity contribution is 7.13. The summed E-state index contributed by atoms with van der Waals surface area (Å²) in [5.41, 5.74) is 13.5. The van der Waals surface area contributed by atoms with Crippen LogP contribution in [-0.2, 0) is 19.4 Å². The van der Waals surface area contributed by atoms with Crippen molar-refractivity contribution in [2.45, 2.75) is 32.2 Å². The van der Waals surface area contributed by atoms with Crippen molar-refractivity contribution in [1.82, 2.24) is 4.98 Å². The number of aromatic nitrogens is 1. The Balaban J connectivity index is 1.70. The van der Waals surface area contributed by atoms with Gasteiger partial charge in [-0.3, -0.25) is 0 Å². The second kappa shape index (κ2) is 6.26. The number of benzene rings is 2. The molecule has 2 aromatic carbocycles. The van der Waals surface area contributed by atoms with Crippen LogP contribution in [0.2, 0.25) is 0 Å². The highest BCUT2D eigenvalue weighted by atomic mass is 32.1. The Labute approximate surface area is 141 Å². The van der Waals surface area contributed by atoms with Crippen LogP contribution < -0.4 is 5.73 Å². The maximum atomic E-state index is 5.86. The van der Waals surface area contributed by atoms with Gasteiger partial charge < -0.3 is 5.73 Å². The Kier molecular flexibility index (Phi) is 3.98. The Bertz CT molecular complexity index is 835. The van der Waals surface area contributed by atoms with Gasteiger partial charge in [-0.05, 0) is 48.4 Å². The molecule has 1 heterocycles. The lowest BCUT2D eigenvalue weighted by molar-refractivity contribution is 0.686. The molecule has 2 N–H and O–H groups in total. The number of rotatable bonds is 3. The van der Waals surface area contributed by atoms with Crippen molar-refractivity contribution in [2.24, 2.45) is 5.73 Å². The van der Waals surface area contributed by atoms with E-state index in [1.165, 1.54) is 42.4 Å². The molecule has 0 aliphatic heterocycles. The fraction of sp³-hybridized carbons (Fsp3) is 0.250. The molecule has 0 fully saturated rings. The number of hydrogen-bond acceptors (Lipinski definition) is 3. The van der Waals surface area contributed by atoms with Gasteiger partial charge in [-0.25, -0.2) is 4.98 Å². The van der Waals surface area contributed by atoms with Crippen LogP contribution in [-0.4, -0.2) is 4.98 Å². The van der Waals surface area contributed by atoms with Crippen molar-refractivity contribution < 1.29 is 0 Å². The average molecular weight is 320 g/mol. The summed E-state index contributed by atoms with van der Waals surface area (Å²) in [5.74, 6) is 0. The number of fused-ring (bicyclic) bond motifs is 1. The zero-order valence-electron chi connectivity index (χ0n) is 13.1. The molecule has 0 atom stereocenters. The van der Waals surface area contributed by atoms with Crippen LogP contribution in [0.5, 0.6) is 0 Å². The number of nitrogens with two attached hydrogens (primary N) is 1. The average Bonchev–Trinajstić information content (AvgIpc) is 3.11. The summed E-state index contributed by atoms with van der Waals surface area (Å²) in [4.78, 5) is 4.87. The molecule has 0 radical (unpaired) electrons. The summed E-state index contributed by atoms with van der Waals surface area (Å²) in [6.45, 7) is 0.546. The van der Waals surface area contributed by atoms with Crippen molar-refractivity contribution >= 4 is 11.3 Å². The number of thiazole rings is 1. The van der Waals surface area contributed by atoms with E-state index in [9.17, 15) is 0 Å². The van der Waals surface area contributed by atoms with Gasteiger partial charge in [0.25, 0.3) is 0 Å². The topological polar surface area (TPSA) is 38.9 Å². The second-order valence-electron chi connectivity index (χ2n) is 6.09. The van der Waals surface area contributed by atoms with Crippen molar-refractivity contribution in [3.8, 4) is 21.8 Å². The molecule has 0 saturated carbocycles. The standard InChI is InChI=1S/C20H20N2S/c21-12-17-7-3-4-8-18(17)20-22-19(13-23-20)16-10-9-14-5-1-2-6-15(14)11-16/h3-4,7-11,13H,1-2,5-6,12,21H2. The molecular formula is C20H20N2S. The minimum atomic E-state index is 0.546. The lowest BCUT2D eigenvalue weighted by atomic mass is 9.90. The highest BCUT2D eigenvalue weighted by Gasteiger charge is 2.13. The molecule has 3 heteroatoms. The van der Waals surface area contributed by atoms with Crippen LogP contribution >= 0.6 is 11.3 Å². The molecule has 0 bridgehead atoms. The summed E-state index contributed by atoms with van der Waals surface area (Å²) in [7, 11) is 0. The minimum absolute atomic E-state index is 0.546. The van der Waals surface area contributed by atoms with Crippen molar-refractivity contribution in [2.75, 3.05) is 0 Å². The van der Waals surface area contributed by atoms with E-state index in [0.29, 0.717) is 6.54 Å². The van der Waals surface area contributed by atoms with Crippen molar-refractivity contribution in [1.29, 1.82) is 0 Å². The molecule has 116 valence electrons. The van der Waals surface area contributed by atoms with Gasteiger partial charge in [0, 0.05) is 23.1 Å². The zero-order chi connectivity index (χ0) is 15.6. The van der Waals surface area contributed by atoms with Gasteiger partial charge in [0.2, 0.25) is 0 Å². The van der Waals surface area contributed by atoms with E-state index in [-0.39, 0.29) is 0 Å². The first-order chi connectivity index (χ1) is 11.3. The van der Waals surface area contributed by atoms with E-state index in [1.807, 2.05) is 6.07 Å². The third-order valence-electron chi connectivity index (χ3n) is 4.62. The largest absolute Gasteiger partial charge is 0.326 e. The smallest absolute Gasteiger partial charge is 0.124 e. The van der Waals surface area contributed by atoms with Crippen LogP contribution in [0.1, 0.15) is 29.5 Å². The summed E-state index contributed by atoms with van der Waals surface area (Å²) >= 11 is 1.70. The van der Waals surface area contributed by atoms with E-state index in [0.717, 1.165) is 21.8 Å². The molecule has 0 unspecified atom stereocenters. The normalized spacial score (nSPS) is 13.8. The third kappa shape index (κ3) is 2.82. The molecule has 1 aliphatic carbocycles. The lowest BCUT2D eigenvalue weighted by Gasteiger charge is -2.16. The number of aryl methyl sites for hydroxylation is 2. The SMILES string of the molecule is NCc1ccccc1-c1nc(-c2ccc3c(c2)CCCC3)cs1. The molecule has 2 nitrogen and oxygen atoms in total. The Morgan fingerprint density at radius 2 is 1.83 bits per heavy atom. The first kappa shape index (κ1) is 14.6. The first-order valence-electron chi connectivity index (χ1n) is 8.21. The van der Waals surface area contributed by atoms with Gasteiger partial charge in [-0.2, -0.15) is 0 Å². The van der Waals surface area contributed by atoms with Crippen LogP contribution in [0.3, 0.4) is 0 Å². The monoisotopic (exact) mass is 320 g/mol. The van der Waals surface area contributed by atoms with Gasteiger partial charge in [0.05, 0.1) is 5.69 Å². The number of nitrogens with zero attached hydrogens (tertiary/aromatic N) is 1. The maximum Gasteiger partial charge on any atom is 0.124 e. The maximum absolute atomic E-state index is 5.86. The van der Waals surface area contributed by atoms with Crippen molar-refractivity contribution in [3.05, 3.63) is 64.5 Å². The Morgan fingerprint density at radius 1 is 1.00 bits per heavy atom. The first-order valence-corrected chi connectivity index (χ1v) is 9.09. The third-order valence-corrected chi connectivity index (χ3v) is 5.49. The van der Waals surface area contributed by atoms with Crippen LogP contribution in [0.15, 0.2) is 47.8 Å². The fourth-order valence-electron chi connectivity index (χ4n) is 3.33. The molecule has 23 heavy (non-hydrogen) atoms. The van der Waals surface area contributed by atoms with Gasteiger partial charge in [0.1, 0.15) is 5.01 Å². The molecule has 1 aromatic heterocycles. The van der Waals surface area contributed by atoms with Gasteiger partial charge in [-0.1, -0.05) is 36.4 Å². The van der Waals surface area contributed by atoms with E-state index < -0.39 is 0 Å². The molecule has 4 rings (SSSR count). The molecular weight excluding hydrogens is 300 g/mol. The minimum Gasteiger partial charge on any atom is -0.326 e. The molecule has 0 amide bonds. The summed E-state index contributed by atoms with van der Waals surface area (Å²) in [5, 5.41) is 3.21. The summed E-state index contributed by atoms with van der Waals surface area (Å²) in [6.07, 6.45) is 5.06. The van der Waals surface area contributed by atoms with E-state index in [4.69, 9.17) is 10.7 Å². The second-order valence-corrected chi connectivity index (χ2v) is 6.95. The van der Waals surface area contributed by atoms with E-state index in [1.54, 1.807) is 11.3 Å². The molecule has 0 spiro atoms. The van der Waals surface area contributed by atoms with Gasteiger partial charge in [-0.15, -0.1) is 11.3 Å². The van der Waals surface area contributed by atoms with Crippen LogP contribution in [0, 0.1) is 0 Å².